The van der Waals surface area contributed by atoms with E-state index < -0.39 is 5.60 Å². The highest BCUT2D eigenvalue weighted by Gasteiger charge is 2.29. The van der Waals surface area contributed by atoms with Gasteiger partial charge in [-0.2, -0.15) is 0 Å². The topological polar surface area (TPSA) is 88.2 Å². The summed E-state index contributed by atoms with van der Waals surface area (Å²) in [4.78, 5) is 39.0. The molecule has 1 N–H and O–H groups in total. The second-order valence-electron chi connectivity index (χ2n) is 9.37. The largest absolute Gasteiger partial charge is 0.444 e. The molecular formula is C22H30N4O3. The van der Waals surface area contributed by atoms with Gasteiger partial charge in [0.15, 0.2) is 11.4 Å². The van der Waals surface area contributed by atoms with Crippen molar-refractivity contribution in [1.29, 1.82) is 0 Å². The molecule has 0 radical (unpaired) electrons. The second-order valence-corrected chi connectivity index (χ2v) is 9.37. The molecule has 0 unspecified atom stereocenters. The van der Waals surface area contributed by atoms with Crippen LogP contribution in [0.3, 0.4) is 0 Å². The Bertz CT molecular complexity index is 902. The number of rotatable bonds is 4. The third kappa shape index (κ3) is 4.43. The van der Waals surface area contributed by atoms with Gasteiger partial charge in [0.25, 0.3) is 0 Å². The Balaban J connectivity index is 1.39. The number of piperidine rings is 1. The maximum absolute atomic E-state index is 12.7. The first-order valence-electron chi connectivity index (χ1n) is 10.7. The molecule has 3 heterocycles. The number of nitrogens with zero attached hydrogens (tertiary/aromatic N) is 3. The zero-order valence-corrected chi connectivity index (χ0v) is 17.5. The maximum atomic E-state index is 12.7. The number of H-pyrrole nitrogens is 1. The number of hydrogen-bond acceptors (Lipinski definition) is 5. The summed E-state index contributed by atoms with van der Waals surface area (Å²) in [5.41, 5.74) is 2.50. The number of aromatic amines is 1. The van der Waals surface area contributed by atoms with Crippen molar-refractivity contribution >= 4 is 23.0 Å². The number of carbonyl (C=O) groups excluding carboxylic acids is 2. The fraction of sp³-hybridized carbons (Fsp3) is 0.636. The number of fused-ring (bicyclic) bond motifs is 1. The van der Waals surface area contributed by atoms with Gasteiger partial charge in [-0.15, -0.1) is 0 Å². The Morgan fingerprint density at radius 1 is 1.21 bits per heavy atom. The molecule has 2 aromatic heterocycles. The average molecular weight is 399 g/mol. The van der Waals surface area contributed by atoms with E-state index in [1.807, 2.05) is 20.8 Å². The number of ether oxygens (including phenoxy) is 1. The van der Waals surface area contributed by atoms with Gasteiger partial charge in [0.1, 0.15) is 11.1 Å². The summed E-state index contributed by atoms with van der Waals surface area (Å²) in [6.07, 6.45) is 9.07. The van der Waals surface area contributed by atoms with Crippen LogP contribution >= 0.6 is 0 Å². The van der Waals surface area contributed by atoms with Crippen LogP contribution in [0.5, 0.6) is 0 Å². The van der Waals surface area contributed by atoms with Gasteiger partial charge in [0.05, 0.1) is 17.5 Å². The van der Waals surface area contributed by atoms with E-state index in [2.05, 4.69) is 9.97 Å². The van der Waals surface area contributed by atoms with Crippen LogP contribution in [-0.2, 0) is 11.2 Å². The fourth-order valence-electron chi connectivity index (χ4n) is 4.05. The molecule has 4 rings (SSSR count). The number of Topliss-reactive ketones (excluding diaryl/α,β-unsaturated/α-hetero) is 1. The van der Waals surface area contributed by atoms with E-state index in [9.17, 15) is 9.59 Å². The molecule has 29 heavy (non-hydrogen) atoms. The lowest BCUT2D eigenvalue weighted by molar-refractivity contribution is 0.0184. The third-order valence-electron chi connectivity index (χ3n) is 5.94. The van der Waals surface area contributed by atoms with Gasteiger partial charge in [-0.1, -0.05) is 6.42 Å². The summed E-state index contributed by atoms with van der Waals surface area (Å²) in [5.74, 6) is 0.793. The Morgan fingerprint density at radius 2 is 1.93 bits per heavy atom. The van der Waals surface area contributed by atoms with Crippen molar-refractivity contribution in [3.05, 3.63) is 23.7 Å². The van der Waals surface area contributed by atoms with Gasteiger partial charge in [-0.3, -0.25) is 4.79 Å². The molecule has 1 saturated carbocycles. The van der Waals surface area contributed by atoms with E-state index in [1.54, 1.807) is 17.3 Å². The predicted octanol–water partition coefficient (Wildman–Crippen LogP) is 4.13. The number of likely N-dealkylation sites (tertiary alicyclic amines) is 1. The molecule has 156 valence electrons. The van der Waals surface area contributed by atoms with Gasteiger partial charge in [-0.25, -0.2) is 14.8 Å². The van der Waals surface area contributed by atoms with Gasteiger partial charge in [0, 0.05) is 25.2 Å². The van der Waals surface area contributed by atoms with E-state index in [-0.39, 0.29) is 17.8 Å². The number of ketones is 1. The van der Waals surface area contributed by atoms with Crippen LogP contribution in [0.4, 0.5) is 4.79 Å². The van der Waals surface area contributed by atoms with E-state index in [1.165, 1.54) is 0 Å². The summed E-state index contributed by atoms with van der Waals surface area (Å²) in [7, 11) is 0. The Morgan fingerprint density at radius 3 is 2.55 bits per heavy atom. The lowest BCUT2D eigenvalue weighted by Gasteiger charge is -2.33. The summed E-state index contributed by atoms with van der Waals surface area (Å²) in [6, 6.07) is 0. The Hall–Kier alpha value is -2.44. The van der Waals surface area contributed by atoms with Crippen LogP contribution in [-0.4, -0.2) is 50.4 Å². The van der Waals surface area contributed by atoms with E-state index in [0.717, 1.165) is 44.2 Å². The van der Waals surface area contributed by atoms with Crippen LogP contribution in [0, 0.1) is 11.8 Å². The minimum absolute atomic E-state index is 0.150. The molecule has 0 aromatic carbocycles. The summed E-state index contributed by atoms with van der Waals surface area (Å²) in [6.45, 7) is 7.06. The normalized spacial score (nSPS) is 18.7. The zero-order chi connectivity index (χ0) is 20.6. The lowest BCUT2D eigenvalue weighted by Crippen LogP contribution is -2.42. The van der Waals surface area contributed by atoms with Crippen LogP contribution < -0.4 is 0 Å². The highest BCUT2D eigenvalue weighted by atomic mass is 16.6. The maximum Gasteiger partial charge on any atom is 0.410 e. The molecule has 1 saturated heterocycles. The molecule has 1 amide bonds. The van der Waals surface area contributed by atoms with Crippen LogP contribution in [0.25, 0.3) is 11.2 Å². The van der Waals surface area contributed by atoms with Gasteiger partial charge in [0.2, 0.25) is 0 Å². The first-order chi connectivity index (χ1) is 13.8. The first kappa shape index (κ1) is 19.9. The molecule has 1 aliphatic heterocycles. The Labute approximate surface area is 171 Å². The number of hydrogen-bond donors (Lipinski definition) is 1. The van der Waals surface area contributed by atoms with Gasteiger partial charge < -0.3 is 14.6 Å². The van der Waals surface area contributed by atoms with Crippen molar-refractivity contribution in [2.24, 2.45) is 11.8 Å². The molecule has 2 aliphatic rings. The van der Waals surface area contributed by atoms with Gasteiger partial charge in [-0.05, 0) is 58.8 Å². The van der Waals surface area contributed by atoms with Crippen molar-refractivity contribution in [2.75, 3.05) is 13.1 Å². The zero-order valence-electron chi connectivity index (χ0n) is 17.5. The molecule has 1 aliphatic carbocycles. The fourth-order valence-corrected chi connectivity index (χ4v) is 4.05. The highest BCUT2D eigenvalue weighted by Crippen LogP contribution is 2.31. The third-order valence-corrected chi connectivity index (χ3v) is 5.94. The molecule has 7 nitrogen and oxygen atoms in total. The predicted molar refractivity (Wildman–Crippen MR) is 110 cm³/mol. The molecular weight excluding hydrogens is 368 g/mol. The van der Waals surface area contributed by atoms with Crippen molar-refractivity contribution < 1.29 is 14.3 Å². The molecule has 0 atom stereocenters. The van der Waals surface area contributed by atoms with Crippen molar-refractivity contribution in [3.8, 4) is 0 Å². The summed E-state index contributed by atoms with van der Waals surface area (Å²) >= 11 is 0. The standard InChI is InChI=1S/C22H30N4O3/c1-22(2,3)29-21(28)26-9-7-14(8-10-26)11-16-12-23-20-18(25-16)17(13-24-20)19(27)15-5-4-6-15/h12-15H,4-11H2,1-3H3,(H,23,24). The lowest BCUT2D eigenvalue weighted by atomic mass is 9.80. The monoisotopic (exact) mass is 398 g/mol. The van der Waals surface area contributed by atoms with E-state index in [0.29, 0.717) is 35.7 Å². The van der Waals surface area contributed by atoms with E-state index in [4.69, 9.17) is 9.72 Å². The van der Waals surface area contributed by atoms with Crippen LogP contribution in [0.2, 0.25) is 0 Å². The minimum atomic E-state index is -0.468. The van der Waals surface area contributed by atoms with E-state index >= 15 is 0 Å². The number of aromatic nitrogens is 3. The van der Waals surface area contributed by atoms with Crippen molar-refractivity contribution in [3.63, 3.8) is 0 Å². The smallest absolute Gasteiger partial charge is 0.410 e. The van der Waals surface area contributed by atoms with Crippen molar-refractivity contribution in [1.82, 2.24) is 19.9 Å². The molecule has 0 bridgehead atoms. The second kappa shape index (κ2) is 7.76. The SMILES string of the molecule is CC(C)(C)OC(=O)N1CCC(Cc2cnc3[nH]cc(C(=O)C4CCC4)c3n2)CC1. The number of amides is 1. The molecule has 2 aromatic rings. The van der Waals surface area contributed by atoms with Gasteiger partial charge >= 0.3 is 6.09 Å². The van der Waals surface area contributed by atoms with Crippen molar-refractivity contribution in [2.45, 2.75) is 64.9 Å². The number of nitrogens with one attached hydrogen (secondary N) is 1. The minimum Gasteiger partial charge on any atom is -0.444 e. The molecule has 7 heteroatoms. The first-order valence-corrected chi connectivity index (χ1v) is 10.7. The average Bonchev–Trinajstić information content (AvgIpc) is 3.02. The Kier molecular flexibility index (Phi) is 5.32. The molecule has 2 fully saturated rings. The highest BCUT2D eigenvalue weighted by molar-refractivity contribution is 6.07. The quantitative estimate of drug-likeness (QED) is 0.782. The van der Waals surface area contributed by atoms with Crippen LogP contribution in [0.1, 0.15) is 68.9 Å². The summed E-state index contributed by atoms with van der Waals surface area (Å²) in [5, 5.41) is 0. The number of carbonyl (C=O) groups is 2. The molecule has 0 spiro atoms. The summed E-state index contributed by atoms with van der Waals surface area (Å²) < 4.78 is 5.47. The van der Waals surface area contributed by atoms with Crippen LogP contribution in [0.15, 0.2) is 12.4 Å².